The second-order valence-electron chi connectivity index (χ2n) is 3.35. The summed E-state index contributed by atoms with van der Waals surface area (Å²) in [5.41, 5.74) is -0.740. The molecule has 1 aromatic rings. The quantitative estimate of drug-likeness (QED) is 0.262. The van der Waals surface area contributed by atoms with E-state index in [1.807, 2.05) is 6.55 Å². The highest BCUT2D eigenvalue weighted by atomic mass is 28.3. The van der Waals surface area contributed by atoms with Crippen molar-refractivity contribution in [1.82, 2.24) is 0 Å². The molecule has 8 heteroatoms. The molecular weight excluding hydrogens is 275 g/mol. The maximum atomic E-state index is 13.2. The van der Waals surface area contributed by atoms with Crippen LogP contribution in [-0.2, 0) is 10.5 Å². The lowest BCUT2D eigenvalue weighted by atomic mass is 10.1. The SMILES string of the molecule is C[SiH2]O[SiH2]CCc1c(F)c(F)c(F)c(F)c1F. The molecule has 17 heavy (non-hydrogen) atoms. The molecule has 0 amide bonds. The molecule has 0 bridgehead atoms. The van der Waals surface area contributed by atoms with E-state index in [-0.39, 0.29) is 6.42 Å². The summed E-state index contributed by atoms with van der Waals surface area (Å²) in [4.78, 5) is 0. The Labute approximate surface area is 99.9 Å². The molecule has 0 N–H and O–H groups in total. The van der Waals surface area contributed by atoms with E-state index in [1.165, 1.54) is 0 Å². The Bertz CT molecular complexity index is 384. The van der Waals surface area contributed by atoms with Crippen LogP contribution < -0.4 is 0 Å². The van der Waals surface area contributed by atoms with Crippen molar-refractivity contribution in [3.8, 4) is 0 Å². The summed E-state index contributed by atoms with van der Waals surface area (Å²) in [5.74, 6) is -9.34. The molecule has 0 heterocycles. The predicted octanol–water partition coefficient (Wildman–Crippen LogP) is 1.58. The summed E-state index contributed by atoms with van der Waals surface area (Å²) in [6, 6.07) is 0.360. The van der Waals surface area contributed by atoms with Gasteiger partial charge in [-0.25, -0.2) is 22.0 Å². The minimum atomic E-state index is -2.11. The fourth-order valence-electron chi connectivity index (χ4n) is 1.37. The molecule has 0 fully saturated rings. The van der Waals surface area contributed by atoms with Crippen LogP contribution in [0.1, 0.15) is 5.56 Å². The van der Waals surface area contributed by atoms with Crippen LogP contribution in [0.5, 0.6) is 0 Å². The fourth-order valence-corrected chi connectivity index (χ4v) is 3.83. The molecular formula is C9H11F5OSi2. The van der Waals surface area contributed by atoms with Gasteiger partial charge in [0.25, 0.3) is 0 Å². The Balaban J connectivity index is 2.92. The van der Waals surface area contributed by atoms with E-state index < -0.39 is 54.2 Å². The molecule has 0 spiro atoms. The molecule has 0 radical (unpaired) electrons. The zero-order valence-electron chi connectivity index (χ0n) is 9.13. The molecule has 96 valence electrons. The normalized spacial score (nSPS) is 12.4. The van der Waals surface area contributed by atoms with Crippen molar-refractivity contribution in [2.45, 2.75) is 19.0 Å². The Morgan fingerprint density at radius 2 is 1.35 bits per heavy atom. The summed E-state index contributed by atoms with van der Waals surface area (Å²) in [7, 11) is -1.47. The smallest absolute Gasteiger partial charge is 0.200 e. The highest BCUT2D eigenvalue weighted by molar-refractivity contribution is 6.41. The minimum Gasteiger partial charge on any atom is -0.465 e. The number of benzene rings is 1. The number of rotatable bonds is 5. The van der Waals surface area contributed by atoms with Crippen LogP contribution in [0.25, 0.3) is 0 Å². The van der Waals surface area contributed by atoms with Crippen molar-refractivity contribution >= 4 is 19.5 Å². The molecule has 0 unspecified atom stereocenters. The first-order valence-corrected chi connectivity index (χ1v) is 8.65. The second-order valence-corrected chi connectivity index (χ2v) is 6.67. The van der Waals surface area contributed by atoms with Gasteiger partial charge in [0.05, 0.1) is 0 Å². The summed E-state index contributed by atoms with van der Waals surface area (Å²) >= 11 is 0. The molecule has 0 aromatic heterocycles. The summed E-state index contributed by atoms with van der Waals surface area (Å²) in [5, 5.41) is 0. The third kappa shape index (κ3) is 3.14. The van der Waals surface area contributed by atoms with Crippen molar-refractivity contribution in [3.63, 3.8) is 0 Å². The van der Waals surface area contributed by atoms with E-state index in [0.717, 1.165) is 0 Å². The van der Waals surface area contributed by atoms with Crippen LogP contribution >= 0.6 is 0 Å². The van der Waals surface area contributed by atoms with E-state index in [1.54, 1.807) is 0 Å². The van der Waals surface area contributed by atoms with Gasteiger partial charge >= 0.3 is 0 Å². The van der Waals surface area contributed by atoms with Crippen molar-refractivity contribution in [2.24, 2.45) is 0 Å². The average Bonchev–Trinajstić information content (AvgIpc) is 2.33. The molecule has 0 aliphatic heterocycles. The van der Waals surface area contributed by atoms with E-state index in [2.05, 4.69) is 0 Å². The largest absolute Gasteiger partial charge is 0.465 e. The molecule has 0 atom stereocenters. The first-order valence-electron chi connectivity index (χ1n) is 5.08. The van der Waals surface area contributed by atoms with Crippen molar-refractivity contribution in [1.29, 1.82) is 0 Å². The highest BCUT2D eigenvalue weighted by Gasteiger charge is 2.24. The molecule has 0 aliphatic rings. The molecule has 1 rings (SSSR count). The predicted molar refractivity (Wildman–Crippen MR) is 58.8 cm³/mol. The number of hydrogen-bond donors (Lipinski definition) is 0. The van der Waals surface area contributed by atoms with E-state index in [4.69, 9.17) is 4.12 Å². The van der Waals surface area contributed by atoms with Crippen LogP contribution in [0.15, 0.2) is 0 Å². The third-order valence-electron chi connectivity index (χ3n) is 2.22. The van der Waals surface area contributed by atoms with Gasteiger partial charge in [-0.2, -0.15) is 0 Å². The molecule has 0 aliphatic carbocycles. The average molecular weight is 286 g/mol. The van der Waals surface area contributed by atoms with Gasteiger partial charge in [-0.15, -0.1) is 0 Å². The van der Waals surface area contributed by atoms with Gasteiger partial charge in [0.2, 0.25) is 5.82 Å². The zero-order chi connectivity index (χ0) is 13.0. The Hall–Kier alpha value is -0.736. The standard InChI is InChI=1S/C9H11F5OSi2/c1-16-15-17-3-2-4-5(10)7(12)9(14)8(13)6(4)11/h2-3,16-17H2,1H3. The Kier molecular flexibility index (Phi) is 5.28. The van der Waals surface area contributed by atoms with Gasteiger partial charge in [0.1, 0.15) is 19.5 Å². The Morgan fingerprint density at radius 3 is 1.82 bits per heavy atom. The lowest BCUT2D eigenvalue weighted by Crippen LogP contribution is -2.09. The van der Waals surface area contributed by atoms with Gasteiger partial charge in [-0.05, 0) is 12.5 Å². The molecule has 0 saturated heterocycles. The van der Waals surface area contributed by atoms with Crippen LogP contribution in [0.4, 0.5) is 22.0 Å². The Morgan fingerprint density at radius 1 is 0.882 bits per heavy atom. The number of halogens is 5. The van der Waals surface area contributed by atoms with E-state index in [9.17, 15) is 22.0 Å². The minimum absolute atomic E-state index is 0.174. The van der Waals surface area contributed by atoms with Gasteiger partial charge in [-0.1, -0.05) is 6.55 Å². The summed E-state index contributed by atoms with van der Waals surface area (Å²) < 4.78 is 69.8. The molecule has 1 nitrogen and oxygen atoms in total. The van der Waals surface area contributed by atoms with Crippen molar-refractivity contribution in [2.75, 3.05) is 0 Å². The highest BCUT2D eigenvalue weighted by Crippen LogP contribution is 2.23. The summed E-state index contributed by atoms with van der Waals surface area (Å²) in [6.07, 6.45) is -0.174. The third-order valence-corrected chi connectivity index (χ3v) is 5.65. The van der Waals surface area contributed by atoms with Gasteiger partial charge in [0, 0.05) is 5.56 Å². The molecule has 0 saturated carbocycles. The first-order chi connectivity index (χ1) is 8.00. The monoisotopic (exact) mass is 286 g/mol. The lowest BCUT2D eigenvalue weighted by Gasteiger charge is -2.07. The van der Waals surface area contributed by atoms with Crippen LogP contribution in [-0.4, -0.2) is 19.5 Å². The summed E-state index contributed by atoms with van der Waals surface area (Å²) in [6.45, 7) is 1.91. The van der Waals surface area contributed by atoms with Crippen molar-refractivity contribution < 1.29 is 26.1 Å². The van der Waals surface area contributed by atoms with Crippen LogP contribution in [0.3, 0.4) is 0 Å². The fraction of sp³-hybridized carbons (Fsp3) is 0.333. The zero-order valence-corrected chi connectivity index (χ0v) is 12.0. The second kappa shape index (κ2) is 6.27. The first kappa shape index (κ1) is 14.3. The topological polar surface area (TPSA) is 9.23 Å². The lowest BCUT2D eigenvalue weighted by molar-refractivity contribution is 0.370. The van der Waals surface area contributed by atoms with E-state index in [0.29, 0.717) is 6.04 Å². The van der Waals surface area contributed by atoms with Gasteiger partial charge < -0.3 is 4.12 Å². The maximum absolute atomic E-state index is 13.2. The van der Waals surface area contributed by atoms with Crippen LogP contribution in [0.2, 0.25) is 12.6 Å². The molecule has 1 aromatic carbocycles. The van der Waals surface area contributed by atoms with Gasteiger partial charge in [-0.3, -0.25) is 0 Å². The van der Waals surface area contributed by atoms with Crippen molar-refractivity contribution in [3.05, 3.63) is 34.6 Å². The maximum Gasteiger partial charge on any atom is 0.200 e. The van der Waals surface area contributed by atoms with E-state index >= 15 is 0 Å². The van der Waals surface area contributed by atoms with Crippen LogP contribution in [0, 0.1) is 29.1 Å². The number of hydrogen-bond acceptors (Lipinski definition) is 1. The van der Waals surface area contributed by atoms with Gasteiger partial charge in [0.15, 0.2) is 23.3 Å².